The van der Waals surface area contributed by atoms with E-state index in [1.807, 2.05) is 11.3 Å². The van der Waals surface area contributed by atoms with Gasteiger partial charge in [0.1, 0.15) is 0 Å². The molecule has 0 N–H and O–H groups in total. The van der Waals surface area contributed by atoms with Crippen LogP contribution in [0.1, 0.15) is 90.8 Å². The van der Waals surface area contributed by atoms with Crippen molar-refractivity contribution >= 4 is 40.9 Å². The van der Waals surface area contributed by atoms with Crippen LogP contribution in [0.5, 0.6) is 0 Å². The first-order chi connectivity index (χ1) is 13.0. The first-order valence-electron chi connectivity index (χ1n) is 11.6. The first kappa shape index (κ1) is 26.6. The quantitative estimate of drug-likeness (QED) is 0.240. The second-order valence-corrected chi connectivity index (χ2v) is 30.1. The van der Waals surface area contributed by atoms with Crippen molar-refractivity contribution in [1.29, 1.82) is 0 Å². The molecular weight excluding hydrogens is 485 g/mol. The van der Waals surface area contributed by atoms with Gasteiger partial charge >= 0.3 is 186 Å². The Morgan fingerprint density at radius 1 is 0.929 bits per heavy atom. The van der Waals surface area contributed by atoms with E-state index in [4.69, 9.17) is 9.41 Å². The van der Waals surface area contributed by atoms with Crippen LogP contribution in [0.2, 0.25) is 31.4 Å². The van der Waals surface area contributed by atoms with Crippen molar-refractivity contribution < 1.29 is 4.43 Å². The summed E-state index contributed by atoms with van der Waals surface area (Å²) in [6, 6.07) is 0. The fourth-order valence-corrected chi connectivity index (χ4v) is 25.9. The number of unbranched alkanes of at least 4 members (excludes halogenated alkanes) is 3. The molecule has 1 heterocycles. The molecule has 164 valence electrons. The van der Waals surface area contributed by atoms with Crippen LogP contribution >= 0.6 is 11.3 Å². The van der Waals surface area contributed by atoms with Gasteiger partial charge in [0, 0.05) is 0 Å². The Kier molecular flexibility index (Phi) is 11.3. The molecule has 0 bridgehead atoms. The van der Waals surface area contributed by atoms with E-state index in [-0.39, 0.29) is 5.04 Å². The van der Waals surface area contributed by atoms with E-state index in [1.54, 1.807) is 2.89 Å². The van der Waals surface area contributed by atoms with E-state index in [1.165, 1.54) is 62.5 Å². The molecule has 0 aliphatic rings. The summed E-state index contributed by atoms with van der Waals surface area (Å²) < 4.78 is 12.9. The summed E-state index contributed by atoms with van der Waals surface area (Å²) in [6.45, 7) is 21.7. The van der Waals surface area contributed by atoms with Gasteiger partial charge in [-0.3, -0.25) is 0 Å². The van der Waals surface area contributed by atoms with Gasteiger partial charge in [-0.2, -0.15) is 0 Å². The summed E-state index contributed by atoms with van der Waals surface area (Å²) in [6.07, 6.45) is 8.23. The summed E-state index contributed by atoms with van der Waals surface area (Å²) in [5.74, 6) is 0. The zero-order chi connectivity index (χ0) is 21.4. The van der Waals surface area contributed by atoms with Gasteiger partial charge < -0.3 is 0 Å². The van der Waals surface area contributed by atoms with Crippen molar-refractivity contribution in [3.8, 4) is 0 Å². The van der Waals surface area contributed by atoms with Crippen molar-refractivity contribution in [2.45, 2.75) is 125 Å². The monoisotopic (exact) mass is 533 g/mol. The molecule has 5 heteroatoms. The van der Waals surface area contributed by atoms with Gasteiger partial charge in [-0.1, -0.05) is 0 Å². The average Bonchev–Trinajstić information content (AvgIpc) is 3.00. The molecule has 0 saturated carbocycles. The Hall–Kier alpha value is 0.606. The number of aromatic nitrogens is 1. The van der Waals surface area contributed by atoms with Gasteiger partial charge in [0.25, 0.3) is 0 Å². The number of hydrogen-bond donors (Lipinski definition) is 0. The van der Waals surface area contributed by atoms with Crippen LogP contribution in [0.25, 0.3) is 0 Å². The van der Waals surface area contributed by atoms with Gasteiger partial charge in [-0.25, -0.2) is 0 Å². The molecule has 0 aliphatic heterocycles. The average molecular weight is 532 g/mol. The molecule has 0 aromatic carbocycles. The van der Waals surface area contributed by atoms with E-state index in [2.05, 4.69) is 61.6 Å². The van der Waals surface area contributed by atoms with Gasteiger partial charge in [-0.15, -0.1) is 0 Å². The Balaban J connectivity index is 3.13. The summed E-state index contributed by atoms with van der Waals surface area (Å²) >= 11 is -0.326. The molecule has 0 fully saturated rings. The van der Waals surface area contributed by atoms with Crippen LogP contribution in [0.15, 0.2) is 0 Å². The second-order valence-electron chi connectivity index (χ2n) is 10.2. The number of hydrogen-bond acceptors (Lipinski definition) is 3. The van der Waals surface area contributed by atoms with E-state index in [0.717, 1.165) is 6.61 Å². The van der Waals surface area contributed by atoms with Crippen LogP contribution in [-0.4, -0.2) is 31.7 Å². The molecular formula is C23H47NOSSiSn. The van der Waals surface area contributed by atoms with Gasteiger partial charge in [0.05, 0.1) is 0 Å². The van der Waals surface area contributed by atoms with Crippen LogP contribution < -0.4 is 2.89 Å². The van der Waals surface area contributed by atoms with E-state index < -0.39 is 26.7 Å². The Labute approximate surface area is 185 Å². The zero-order valence-corrected chi connectivity index (χ0v) is 25.0. The minimum atomic E-state index is -2.37. The molecule has 0 saturated heterocycles. The Morgan fingerprint density at radius 2 is 1.39 bits per heavy atom. The predicted octanol–water partition coefficient (Wildman–Crippen LogP) is 8.03. The molecule has 0 spiro atoms. The molecule has 28 heavy (non-hydrogen) atoms. The van der Waals surface area contributed by atoms with Crippen molar-refractivity contribution in [2.75, 3.05) is 0 Å². The molecule has 0 amide bonds. The molecule has 0 aliphatic carbocycles. The molecule has 0 radical (unpaired) electrons. The van der Waals surface area contributed by atoms with Gasteiger partial charge in [0.15, 0.2) is 0 Å². The maximum atomic E-state index is 6.51. The fourth-order valence-electron chi connectivity index (χ4n) is 3.73. The van der Waals surface area contributed by atoms with E-state index >= 15 is 0 Å². The van der Waals surface area contributed by atoms with E-state index in [0.29, 0.717) is 0 Å². The standard InChI is InChI=1S/C11H20NOSSi.3C4H9.Sn/c1-9-8-14-10(12-9)7-13-15(5,6)11(2,3)4;3*1-3-4-2;/h7H2,1-6H3;3*1,3-4H2,2H3;. The molecule has 0 unspecified atom stereocenters. The minimum absolute atomic E-state index is 0.258. The second kappa shape index (κ2) is 11.9. The fraction of sp³-hybridized carbons (Fsp3) is 0.870. The molecule has 1 rings (SSSR count). The van der Waals surface area contributed by atoms with Gasteiger partial charge in [0.2, 0.25) is 0 Å². The molecule has 1 aromatic heterocycles. The number of rotatable bonds is 13. The topological polar surface area (TPSA) is 22.1 Å². The SMILES string of the molecule is CCC[CH2][Sn]([CH2]CCC)([CH2]CCC)[c]1sc(CO[Si](C)(C)C(C)(C)C)nc1C. The normalized spacial score (nSPS) is 13.3. The molecule has 1 aromatic rings. The van der Waals surface area contributed by atoms with Crippen LogP contribution in [0, 0.1) is 6.92 Å². The summed E-state index contributed by atoms with van der Waals surface area (Å²) in [4.78, 5) is 5.05. The molecule has 0 atom stereocenters. The molecule has 2 nitrogen and oxygen atoms in total. The van der Waals surface area contributed by atoms with Gasteiger partial charge in [-0.05, 0) is 0 Å². The van der Waals surface area contributed by atoms with Crippen molar-refractivity contribution in [3.05, 3.63) is 10.7 Å². The summed E-state index contributed by atoms with van der Waals surface area (Å²) in [5, 5.41) is 1.50. The summed E-state index contributed by atoms with van der Waals surface area (Å²) in [5.41, 5.74) is 1.36. The number of thiazole rings is 1. The predicted molar refractivity (Wildman–Crippen MR) is 133 cm³/mol. The summed E-state index contributed by atoms with van der Waals surface area (Å²) in [7, 11) is -1.72. The van der Waals surface area contributed by atoms with Crippen LogP contribution in [0.3, 0.4) is 0 Å². The Morgan fingerprint density at radius 3 is 1.79 bits per heavy atom. The van der Waals surface area contributed by atoms with Crippen LogP contribution in [0.4, 0.5) is 0 Å². The number of nitrogens with zero attached hydrogens (tertiary/aromatic N) is 1. The van der Waals surface area contributed by atoms with Crippen molar-refractivity contribution in [2.24, 2.45) is 0 Å². The van der Waals surface area contributed by atoms with Crippen LogP contribution in [-0.2, 0) is 11.0 Å². The zero-order valence-electron chi connectivity index (χ0n) is 20.3. The third kappa shape index (κ3) is 7.38. The van der Waals surface area contributed by atoms with Crippen molar-refractivity contribution in [1.82, 2.24) is 4.98 Å². The first-order valence-corrected chi connectivity index (χ1v) is 22.8. The Bertz CT molecular complexity index is 558. The third-order valence-corrected chi connectivity index (χ3v) is 30.9. The van der Waals surface area contributed by atoms with E-state index in [9.17, 15) is 0 Å². The third-order valence-electron chi connectivity index (χ3n) is 6.71. The maximum absolute atomic E-state index is 6.51. The number of aryl methyl sites for hydroxylation is 1. The van der Waals surface area contributed by atoms with Crippen molar-refractivity contribution in [3.63, 3.8) is 0 Å².